The highest BCUT2D eigenvalue weighted by Gasteiger charge is 2.10. The van der Waals surface area contributed by atoms with Gasteiger partial charge in [-0.15, -0.1) is 0 Å². The summed E-state index contributed by atoms with van der Waals surface area (Å²) in [6.45, 7) is 5.97. The van der Waals surface area contributed by atoms with E-state index in [1.807, 2.05) is 12.1 Å². The van der Waals surface area contributed by atoms with E-state index in [1.54, 1.807) is 6.07 Å². The molecule has 0 aliphatic carbocycles. The fraction of sp³-hybridized carbons (Fsp3) is 0.364. The first-order valence-corrected chi connectivity index (χ1v) is 5.67. The van der Waals surface area contributed by atoms with Gasteiger partial charge in [0.1, 0.15) is 0 Å². The Morgan fingerprint density at radius 1 is 1.40 bits per heavy atom. The van der Waals surface area contributed by atoms with Crippen molar-refractivity contribution in [2.24, 2.45) is 0 Å². The highest BCUT2D eigenvalue weighted by atomic mass is 79.9. The zero-order chi connectivity index (χ0) is 11.4. The monoisotopic (exact) mass is 271 g/mol. The molecule has 1 rings (SSSR count). The number of halogens is 1. The molecule has 3 nitrogen and oxygen atoms in total. The van der Waals surface area contributed by atoms with E-state index in [2.05, 4.69) is 34.7 Å². The molecule has 0 bridgehead atoms. The molecule has 0 fully saturated rings. The molecule has 15 heavy (non-hydrogen) atoms. The maximum atomic E-state index is 10.8. The second-order valence-corrected chi connectivity index (χ2v) is 4.00. The minimum absolute atomic E-state index is 0.297. The van der Waals surface area contributed by atoms with Gasteiger partial charge < -0.3 is 10.0 Å². The molecular formula is C11H14BrNO2. The van der Waals surface area contributed by atoms with Crippen LogP contribution in [0.3, 0.4) is 0 Å². The molecule has 0 saturated heterocycles. The van der Waals surface area contributed by atoms with Crippen LogP contribution in [0.15, 0.2) is 22.7 Å². The molecule has 0 aliphatic rings. The van der Waals surface area contributed by atoms with E-state index in [4.69, 9.17) is 5.11 Å². The number of hydrogen-bond donors (Lipinski definition) is 1. The van der Waals surface area contributed by atoms with Crippen molar-refractivity contribution >= 4 is 27.6 Å². The van der Waals surface area contributed by atoms with Crippen molar-refractivity contribution in [1.29, 1.82) is 0 Å². The normalized spacial score (nSPS) is 10.1. The number of carboxylic acid groups (broad SMARTS) is 1. The number of rotatable bonds is 4. The Morgan fingerprint density at radius 3 is 2.40 bits per heavy atom. The number of nitrogens with zero attached hydrogens (tertiary/aromatic N) is 1. The van der Waals surface area contributed by atoms with E-state index in [-0.39, 0.29) is 0 Å². The van der Waals surface area contributed by atoms with E-state index in [9.17, 15) is 4.79 Å². The molecule has 0 heterocycles. The Morgan fingerprint density at radius 2 is 2.00 bits per heavy atom. The first kappa shape index (κ1) is 12.0. The number of hydrogen-bond acceptors (Lipinski definition) is 2. The molecule has 4 heteroatoms. The third-order valence-electron chi connectivity index (χ3n) is 2.31. The molecule has 1 aromatic carbocycles. The summed E-state index contributed by atoms with van der Waals surface area (Å²) in [4.78, 5) is 13.0. The van der Waals surface area contributed by atoms with Gasteiger partial charge in [-0.05, 0) is 48.0 Å². The van der Waals surface area contributed by atoms with Crippen molar-refractivity contribution in [3.05, 3.63) is 28.2 Å². The Hall–Kier alpha value is -1.03. The van der Waals surface area contributed by atoms with E-state index in [1.165, 1.54) is 0 Å². The van der Waals surface area contributed by atoms with E-state index >= 15 is 0 Å². The molecule has 82 valence electrons. The largest absolute Gasteiger partial charge is 0.478 e. The van der Waals surface area contributed by atoms with Gasteiger partial charge in [0.25, 0.3) is 0 Å². The lowest BCUT2D eigenvalue weighted by molar-refractivity contribution is 0.0696. The maximum Gasteiger partial charge on any atom is 0.336 e. The third-order valence-corrected chi connectivity index (χ3v) is 2.97. The van der Waals surface area contributed by atoms with Crippen LogP contribution >= 0.6 is 15.9 Å². The van der Waals surface area contributed by atoms with Crippen LogP contribution in [-0.4, -0.2) is 24.2 Å². The zero-order valence-electron chi connectivity index (χ0n) is 8.83. The molecule has 1 N–H and O–H groups in total. The van der Waals surface area contributed by atoms with E-state index in [0.29, 0.717) is 10.0 Å². The van der Waals surface area contributed by atoms with E-state index in [0.717, 1.165) is 18.8 Å². The molecule has 0 unspecified atom stereocenters. The van der Waals surface area contributed by atoms with Gasteiger partial charge in [0.15, 0.2) is 0 Å². The number of carboxylic acids is 1. The summed E-state index contributed by atoms with van der Waals surface area (Å²) in [6, 6.07) is 5.30. The standard InChI is InChI=1S/C11H14BrNO2/c1-3-13(4-2)8-5-6-9(11(14)15)10(12)7-8/h5-7H,3-4H2,1-2H3,(H,14,15). The first-order chi connectivity index (χ1) is 7.10. The molecule has 0 aliphatic heterocycles. The van der Waals surface area contributed by atoms with Crippen LogP contribution in [0, 0.1) is 0 Å². The molecule has 0 radical (unpaired) electrons. The highest BCUT2D eigenvalue weighted by molar-refractivity contribution is 9.10. The second kappa shape index (κ2) is 5.16. The molecular weight excluding hydrogens is 258 g/mol. The summed E-state index contributed by atoms with van der Waals surface area (Å²) in [5, 5.41) is 8.87. The van der Waals surface area contributed by atoms with Crippen molar-refractivity contribution in [3.63, 3.8) is 0 Å². The van der Waals surface area contributed by atoms with Gasteiger partial charge in [0, 0.05) is 23.2 Å². The van der Waals surface area contributed by atoms with Gasteiger partial charge in [-0.1, -0.05) is 0 Å². The maximum absolute atomic E-state index is 10.8. The summed E-state index contributed by atoms with van der Waals surface area (Å²) in [5.41, 5.74) is 1.34. The van der Waals surface area contributed by atoms with Gasteiger partial charge in [0.2, 0.25) is 0 Å². The smallest absolute Gasteiger partial charge is 0.336 e. The average molecular weight is 272 g/mol. The van der Waals surface area contributed by atoms with Crippen LogP contribution in [0.4, 0.5) is 5.69 Å². The Labute approximate surface area is 97.8 Å². The number of carbonyl (C=O) groups is 1. The Bertz CT molecular complexity index is 362. The van der Waals surface area contributed by atoms with Gasteiger partial charge in [-0.3, -0.25) is 0 Å². The highest BCUT2D eigenvalue weighted by Crippen LogP contribution is 2.24. The average Bonchev–Trinajstić information content (AvgIpc) is 2.19. The lowest BCUT2D eigenvalue weighted by Gasteiger charge is -2.21. The van der Waals surface area contributed by atoms with Gasteiger partial charge in [-0.2, -0.15) is 0 Å². The third kappa shape index (κ3) is 2.72. The lowest BCUT2D eigenvalue weighted by atomic mass is 10.2. The zero-order valence-corrected chi connectivity index (χ0v) is 10.4. The summed E-state index contributed by atoms with van der Waals surface area (Å²) in [7, 11) is 0. The van der Waals surface area contributed by atoms with Gasteiger partial charge in [-0.25, -0.2) is 4.79 Å². The molecule has 1 aromatic rings. The summed E-state index contributed by atoms with van der Waals surface area (Å²) in [5.74, 6) is -0.909. The summed E-state index contributed by atoms with van der Waals surface area (Å²) < 4.78 is 0.624. The molecule has 0 aromatic heterocycles. The fourth-order valence-corrected chi connectivity index (χ4v) is 2.00. The molecule has 0 atom stereocenters. The van der Waals surface area contributed by atoms with Crippen LogP contribution in [0.1, 0.15) is 24.2 Å². The van der Waals surface area contributed by atoms with Crippen LogP contribution in [0.5, 0.6) is 0 Å². The number of aromatic carboxylic acids is 1. The fourth-order valence-electron chi connectivity index (χ4n) is 1.46. The minimum Gasteiger partial charge on any atom is -0.478 e. The number of anilines is 1. The van der Waals surface area contributed by atoms with Crippen molar-refractivity contribution in [2.45, 2.75) is 13.8 Å². The second-order valence-electron chi connectivity index (χ2n) is 3.14. The molecule has 0 amide bonds. The lowest BCUT2D eigenvalue weighted by Crippen LogP contribution is -2.21. The SMILES string of the molecule is CCN(CC)c1ccc(C(=O)O)c(Br)c1. The quantitative estimate of drug-likeness (QED) is 0.916. The Kier molecular flexibility index (Phi) is 4.15. The van der Waals surface area contributed by atoms with Crippen LogP contribution in [-0.2, 0) is 0 Å². The molecule has 0 spiro atoms. The Balaban J connectivity index is 3.05. The van der Waals surface area contributed by atoms with Crippen LogP contribution < -0.4 is 4.90 Å². The number of benzene rings is 1. The van der Waals surface area contributed by atoms with Gasteiger partial charge >= 0.3 is 5.97 Å². The van der Waals surface area contributed by atoms with Crippen molar-refractivity contribution in [2.75, 3.05) is 18.0 Å². The van der Waals surface area contributed by atoms with Gasteiger partial charge in [0.05, 0.1) is 5.56 Å². The predicted octanol–water partition coefficient (Wildman–Crippen LogP) is 2.99. The molecule has 0 saturated carbocycles. The minimum atomic E-state index is -0.909. The first-order valence-electron chi connectivity index (χ1n) is 4.88. The summed E-state index contributed by atoms with van der Waals surface area (Å²) >= 11 is 3.27. The van der Waals surface area contributed by atoms with E-state index < -0.39 is 5.97 Å². The topological polar surface area (TPSA) is 40.5 Å². The van der Waals surface area contributed by atoms with Crippen molar-refractivity contribution in [3.8, 4) is 0 Å². The van der Waals surface area contributed by atoms with Crippen LogP contribution in [0.25, 0.3) is 0 Å². The summed E-state index contributed by atoms with van der Waals surface area (Å²) in [6.07, 6.45) is 0. The van der Waals surface area contributed by atoms with Crippen LogP contribution in [0.2, 0.25) is 0 Å². The predicted molar refractivity (Wildman–Crippen MR) is 64.7 cm³/mol. The van der Waals surface area contributed by atoms with Crippen molar-refractivity contribution in [1.82, 2.24) is 0 Å². The van der Waals surface area contributed by atoms with Crippen molar-refractivity contribution < 1.29 is 9.90 Å².